The topological polar surface area (TPSA) is 8.81 Å². The number of benzene rings is 3. The molecule has 0 aliphatic heterocycles. The van der Waals surface area contributed by atoms with Crippen LogP contribution in [0.25, 0.3) is 28.1 Å². The summed E-state index contributed by atoms with van der Waals surface area (Å²) in [5.74, 6) is 2.62. The quantitative estimate of drug-likeness (QED) is 0.288. The zero-order valence-corrected chi connectivity index (χ0v) is 20.9. The van der Waals surface area contributed by atoms with E-state index in [9.17, 15) is 0 Å². The second-order valence-electron chi connectivity index (χ2n) is 10.0. The van der Waals surface area contributed by atoms with E-state index < -0.39 is 0 Å². The highest BCUT2D eigenvalue weighted by Gasteiger charge is 2.31. The van der Waals surface area contributed by atoms with Crippen molar-refractivity contribution in [2.45, 2.75) is 66.2 Å². The highest BCUT2D eigenvalue weighted by Crippen LogP contribution is 2.37. The zero-order valence-electron chi connectivity index (χ0n) is 20.9. The predicted molar refractivity (Wildman–Crippen MR) is 137 cm³/mol. The number of aryl methyl sites for hydroxylation is 2. The minimum atomic E-state index is 0.436. The molecule has 4 rings (SSSR count). The number of imidazole rings is 1. The van der Waals surface area contributed by atoms with Gasteiger partial charge in [-0.1, -0.05) is 84.0 Å². The van der Waals surface area contributed by atoms with E-state index in [1.54, 1.807) is 0 Å². The molecular weight excluding hydrogens is 388 g/mol. The molecule has 0 bridgehead atoms. The largest absolute Gasteiger partial charge is 0.295 e. The van der Waals surface area contributed by atoms with E-state index >= 15 is 0 Å². The summed E-state index contributed by atoms with van der Waals surface area (Å²) in [5, 5.41) is 0. The summed E-state index contributed by atoms with van der Waals surface area (Å²) in [6, 6.07) is 22.6. The van der Waals surface area contributed by atoms with Crippen molar-refractivity contribution in [2.24, 2.45) is 7.05 Å². The number of rotatable bonds is 5. The minimum Gasteiger partial charge on any atom is -0.225 e. The van der Waals surface area contributed by atoms with Gasteiger partial charge < -0.3 is 0 Å². The SMILES string of the molecule is Cc1ccc(C(C)C)cc1-c1n(-c2c(C(C)C)cccc2C(C)C)c2ccccc2[n+]1C. The number of aromatic nitrogens is 2. The Morgan fingerprint density at radius 3 is 1.94 bits per heavy atom. The average molecular weight is 426 g/mol. The minimum absolute atomic E-state index is 0.436. The maximum Gasteiger partial charge on any atom is 0.295 e. The van der Waals surface area contributed by atoms with Crippen LogP contribution in [0.3, 0.4) is 0 Å². The Hall–Kier alpha value is -2.87. The third-order valence-electron chi connectivity index (χ3n) is 6.75. The summed E-state index contributed by atoms with van der Waals surface area (Å²) in [5.41, 5.74) is 10.7. The molecule has 0 atom stereocenters. The summed E-state index contributed by atoms with van der Waals surface area (Å²) in [6.07, 6.45) is 0. The first-order valence-corrected chi connectivity index (χ1v) is 12.0. The second kappa shape index (κ2) is 8.58. The van der Waals surface area contributed by atoms with E-state index in [0.29, 0.717) is 17.8 Å². The molecule has 32 heavy (non-hydrogen) atoms. The van der Waals surface area contributed by atoms with Gasteiger partial charge in [-0.25, -0.2) is 4.57 Å². The molecule has 0 spiro atoms. The van der Waals surface area contributed by atoms with Crippen LogP contribution in [0, 0.1) is 6.92 Å². The van der Waals surface area contributed by atoms with Crippen LogP contribution in [-0.2, 0) is 7.05 Å². The van der Waals surface area contributed by atoms with E-state index in [0.717, 1.165) is 0 Å². The van der Waals surface area contributed by atoms with Gasteiger partial charge in [-0.05, 0) is 54.0 Å². The first-order chi connectivity index (χ1) is 15.2. The molecule has 0 unspecified atom stereocenters. The molecule has 0 saturated carbocycles. The summed E-state index contributed by atoms with van der Waals surface area (Å²) >= 11 is 0. The van der Waals surface area contributed by atoms with Gasteiger partial charge in [0.25, 0.3) is 5.82 Å². The Labute approximate surface area is 193 Å². The van der Waals surface area contributed by atoms with Crippen LogP contribution in [0.1, 0.15) is 81.5 Å². The van der Waals surface area contributed by atoms with Crippen LogP contribution in [-0.4, -0.2) is 4.57 Å². The molecule has 0 aliphatic carbocycles. The van der Waals surface area contributed by atoms with Gasteiger partial charge in [-0.3, -0.25) is 0 Å². The van der Waals surface area contributed by atoms with Crippen LogP contribution < -0.4 is 4.57 Å². The maximum absolute atomic E-state index is 2.53. The van der Waals surface area contributed by atoms with Crippen LogP contribution in [0.2, 0.25) is 0 Å². The Bertz CT molecular complexity index is 1250. The van der Waals surface area contributed by atoms with E-state index in [1.807, 2.05) is 0 Å². The Kier molecular flexibility index (Phi) is 5.99. The molecule has 0 aliphatic rings. The van der Waals surface area contributed by atoms with Crippen LogP contribution in [0.5, 0.6) is 0 Å². The number of nitrogens with zero attached hydrogens (tertiary/aromatic N) is 2. The first-order valence-electron chi connectivity index (χ1n) is 12.0. The van der Waals surface area contributed by atoms with E-state index in [4.69, 9.17) is 0 Å². The van der Waals surface area contributed by atoms with Gasteiger partial charge in [0.05, 0.1) is 12.6 Å². The van der Waals surface area contributed by atoms with Gasteiger partial charge in [-0.2, -0.15) is 4.57 Å². The fraction of sp³-hybridized carbons (Fsp3) is 0.367. The number of hydrogen-bond acceptors (Lipinski definition) is 0. The van der Waals surface area contributed by atoms with Gasteiger partial charge in [0.2, 0.25) is 0 Å². The molecule has 2 heteroatoms. The van der Waals surface area contributed by atoms with Crippen LogP contribution in [0.4, 0.5) is 0 Å². The van der Waals surface area contributed by atoms with Gasteiger partial charge in [0.15, 0.2) is 11.0 Å². The normalized spacial score (nSPS) is 12.0. The van der Waals surface area contributed by atoms with Gasteiger partial charge in [0.1, 0.15) is 5.69 Å². The standard InChI is InChI=1S/C30H37N2/c1-19(2)23-17-16-22(7)26(18-23)30-31(8)27-14-9-10-15-28(27)32(30)29-24(20(3)4)12-11-13-25(29)21(5)6/h9-21H,1-8H3/q+1. The molecule has 2 nitrogen and oxygen atoms in total. The predicted octanol–water partition coefficient (Wildman–Crippen LogP) is 7.80. The highest BCUT2D eigenvalue weighted by molar-refractivity contribution is 5.81. The third-order valence-corrected chi connectivity index (χ3v) is 6.75. The summed E-state index contributed by atoms with van der Waals surface area (Å²) in [4.78, 5) is 0. The molecule has 0 fully saturated rings. The van der Waals surface area contributed by atoms with Crippen LogP contribution >= 0.6 is 0 Å². The Morgan fingerprint density at radius 2 is 1.34 bits per heavy atom. The second-order valence-corrected chi connectivity index (χ2v) is 10.0. The molecule has 166 valence electrons. The Balaban J connectivity index is 2.20. The number of fused-ring (bicyclic) bond motifs is 1. The van der Waals surface area contributed by atoms with Crippen LogP contribution in [0.15, 0.2) is 60.7 Å². The van der Waals surface area contributed by atoms with Crippen molar-refractivity contribution in [1.29, 1.82) is 0 Å². The monoisotopic (exact) mass is 425 g/mol. The molecule has 0 saturated heterocycles. The lowest BCUT2D eigenvalue weighted by Crippen LogP contribution is -2.30. The lowest BCUT2D eigenvalue weighted by atomic mass is 9.92. The highest BCUT2D eigenvalue weighted by atomic mass is 15.2. The van der Waals surface area contributed by atoms with Crippen molar-refractivity contribution < 1.29 is 4.57 Å². The molecular formula is C30H37N2+. The van der Waals surface area contributed by atoms with Gasteiger partial charge in [-0.15, -0.1) is 0 Å². The third kappa shape index (κ3) is 3.66. The molecule has 3 aromatic carbocycles. The van der Waals surface area contributed by atoms with E-state index in [2.05, 4.69) is 125 Å². The van der Waals surface area contributed by atoms with Crippen molar-refractivity contribution in [1.82, 2.24) is 4.57 Å². The van der Waals surface area contributed by atoms with Crippen molar-refractivity contribution in [3.63, 3.8) is 0 Å². The van der Waals surface area contributed by atoms with Crippen molar-refractivity contribution in [3.8, 4) is 17.1 Å². The van der Waals surface area contributed by atoms with Gasteiger partial charge in [0, 0.05) is 11.1 Å². The molecule has 4 aromatic rings. The van der Waals surface area contributed by atoms with E-state index in [-0.39, 0.29) is 0 Å². The smallest absolute Gasteiger partial charge is 0.225 e. The van der Waals surface area contributed by atoms with E-state index in [1.165, 1.54) is 50.4 Å². The molecule has 1 heterocycles. The summed E-state index contributed by atoms with van der Waals surface area (Å²) in [7, 11) is 2.21. The summed E-state index contributed by atoms with van der Waals surface area (Å²) < 4.78 is 4.91. The fourth-order valence-electron chi connectivity index (χ4n) is 4.85. The van der Waals surface area contributed by atoms with Crippen molar-refractivity contribution in [3.05, 3.63) is 82.9 Å². The fourth-order valence-corrected chi connectivity index (χ4v) is 4.85. The lowest BCUT2D eigenvalue weighted by Gasteiger charge is -2.19. The number of hydrogen-bond donors (Lipinski definition) is 0. The first kappa shape index (κ1) is 22.3. The molecule has 0 N–H and O–H groups in total. The summed E-state index contributed by atoms with van der Waals surface area (Å²) in [6.45, 7) is 16.0. The average Bonchev–Trinajstić information content (AvgIpc) is 3.05. The molecule has 0 radical (unpaired) electrons. The van der Waals surface area contributed by atoms with Crippen molar-refractivity contribution in [2.75, 3.05) is 0 Å². The molecule has 1 aromatic heterocycles. The maximum atomic E-state index is 2.53. The Morgan fingerprint density at radius 1 is 0.719 bits per heavy atom. The van der Waals surface area contributed by atoms with Crippen molar-refractivity contribution >= 4 is 11.0 Å². The van der Waals surface area contributed by atoms with Gasteiger partial charge >= 0.3 is 0 Å². The number of para-hydroxylation sites is 3. The zero-order chi connectivity index (χ0) is 23.2. The molecule has 0 amide bonds. The lowest BCUT2D eigenvalue weighted by molar-refractivity contribution is -0.633.